The standard InChI is InChI=1S/C28H37ClF2N3O10P/c1-27(2,3)44-25(36)17-22(26(37)41-5)32-23(35)16-19-8-10-20(11-9-19)28(30,31)45(40,33(4)15-7-6-14-29)42-18-21-12-13-24(43-21)34(38)39/h8-13,22H,6-7,14-18H2,1-5H3,(H,32,35)/t22-,45?/m0/s1. The largest absolute Gasteiger partial charge is 0.467 e. The molecular formula is C28H37ClF2N3O10P. The van der Waals surface area contributed by atoms with Gasteiger partial charge in [-0.05, 0) is 52.3 Å². The molecule has 2 aromatic rings. The fourth-order valence-corrected chi connectivity index (χ4v) is 6.12. The van der Waals surface area contributed by atoms with E-state index in [4.69, 9.17) is 25.3 Å². The number of hydrogen-bond acceptors (Lipinski definition) is 10. The molecule has 0 spiro atoms. The molecular weight excluding hydrogens is 643 g/mol. The maximum Gasteiger partial charge on any atom is 0.433 e. The van der Waals surface area contributed by atoms with Crippen molar-refractivity contribution in [3.8, 4) is 0 Å². The van der Waals surface area contributed by atoms with Crippen LogP contribution >= 0.6 is 19.1 Å². The minimum absolute atomic E-state index is 0.0548. The molecule has 0 radical (unpaired) electrons. The first-order chi connectivity index (χ1) is 20.9. The van der Waals surface area contributed by atoms with E-state index in [1.165, 1.54) is 19.2 Å². The number of methoxy groups -OCH3 is 1. The Balaban J connectivity index is 2.23. The van der Waals surface area contributed by atoms with E-state index in [-0.39, 0.29) is 30.2 Å². The molecule has 1 N–H and O–H groups in total. The number of alkyl halides is 3. The van der Waals surface area contributed by atoms with Crippen molar-refractivity contribution in [2.75, 3.05) is 26.6 Å². The number of hydrogen-bond donors (Lipinski definition) is 1. The Morgan fingerprint density at radius 1 is 1.13 bits per heavy atom. The van der Waals surface area contributed by atoms with Gasteiger partial charge in [-0.1, -0.05) is 24.3 Å². The Bertz CT molecular complexity index is 1380. The predicted octanol–water partition coefficient (Wildman–Crippen LogP) is 5.53. The molecule has 1 heterocycles. The number of ether oxygens (including phenoxy) is 2. The van der Waals surface area contributed by atoms with E-state index in [9.17, 15) is 29.1 Å². The van der Waals surface area contributed by atoms with Gasteiger partial charge in [-0.15, -0.1) is 11.6 Å². The summed E-state index contributed by atoms with van der Waals surface area (Å²) in [6.07, 6.45) is -0.0330. The molecule has 45 heavy (non-hydrogen) atoms. The molecule has 0 aliphatic heterocycles. The topological polar surface area (TPSA) is 168 Å². The molecule has 17 heteroatoms. The third-order valence-electron chi connectivity index (χ3n) is 6.16. The van der Waals surface area contributed by atoms with Crippen LogP contribution in [0.3, 0.4) is 0 Å². The number of rotatable bonds is 17. The van der Waals surface area contributed by atoms with Crippen LogP contribution < -0.4 is 5.32 Å². The molecule has 2 atom stereocenters. The summed E-state index contributed by atoms with van der Waals surface area (Å²) in [5.74, 6) is -2.86. The lowest BCUT2D eigenvalue weighted by molar-refractivity contribution is -0.402. The number of nitrogens with one attached hydrogen (secondary N) is 1. The van der Waals surface area contributed by atoms with E-state index < -0.39 is 72.1 Å². The summed E-state index contributed by atoms with van der Waals surface area (Å²) in [6.45, 7) is 4.13. The Morgan fingerprint density at radius 2 is 1.78 bits per heavy atom. The molecule has 1 unspecified atom stereocenters. The van der Waals surface area contributed by atoms with Crippen LogP contribution in [0.15, 0.2) is 40.8 Å². The van der Waals surface area contributed by atoms with Gasteiger partial charge in [0.25, 0.3) is 0 Å². The number of carbonyl (C=O) groups is 3. The molecule has 0 fully saturated rings. The maximum atomic E-state index is 16.0. The zero-order chi connectivity index (χ0) is 34.0. The molecule has 1 aromatic carbocycles. The van der Waals surface area contributed by atoms with Crippen LogP contribution in [0, 0.1) is 10.1 Å². The van der Waals surface area contributed by atoms with Crippen LogP contribution in [0.5, 0.6) is 0 Å². The number of amides is 1. The molecule has 0 saturated carbocycles. The number of benzene rings is 1. The zero-order valence-electron chi connectivity index (χ0n) is 25.5. The number of esters is 2. The van der Waals surface area contributed by atoms with Gasteiger partial charge in [0.05, 0.1) is 26.0 Å². The number of nitrogens with zero attached hydrogens (tertiary/aromatic N) is 2. The lowest BCUT2D eigenvalue weighted by Crippen LogP contribution is -2.44. The van der Waals surface area contributed by atoms with Gasteiger partial charge in [-0.3, -0.25) is 24.3 Å². The number of nitro groups is 1. The Kier molecular flexibility index (Phi) is 13.7. The molecule has 1 amide bonds. The van der Waals surface area contributed by atoms with Crippen LogP contribution in [0.4, 0.5) is 14.7 Å². The van der Waals surface area contributed by atoms with Gasteiger partial charge < -0.3 is 23.7 Å². The first-order valence-corrected chi connectivity index (χ1v) is 15.9. The van der Waals surface area contributed by atoms with Crippen molar-refractivity contribution in [1.82, 2.24) is 9.99 Å². The third-order valence-corrected chi connectivity index (χ3v) is 8.97. The lowest BCUT2D eigenvalue weighted by atomic mass is 10.1. The summed E-state index contributed by atoms with van der Waals surface area (Å²) in [5, 5.41) is 13.3. The van der Waals surface area contributed by atoms with E-state index in [0.29, 0.717) is 12.8 Å². The predicted molar refractivity (Wildman–Crippen MR) is 159 cm³/mol. The van der Waals surface area contributed by atoms with Crippen LogP contribution in [-0.4, -0.2) is 65.7 Å². The van der Waals surface area contributed by atoms with Gasteiger partial charge in [-0.25, -0.2) is 9.46 Å². The van der Waals surface area contributed by atoms with Crippen LogP contribution in [0.1, 0.15) is 56.9 Å². The number of carbonyl (C=O) groups excluding carboxylic acids is 3. The average Bonchev–Trinajstić information content (AvgIpc) is 3.44. The fraction of sp³-hybridized carbons (Fsp3) is 0.536. The molecule has 250 valence electrons. The molecule has 2 rings (SSSR count). The summed E-state index contributed by atoms with van der Waals surface area (Å²) in [6, 6.07) is 5.25. The van der Waals surface area contributed by atoms with E-state index in [1.54, 1.807) is 20.8 Å². The van der Waals surface area contributed by atoms with Gasteiger partial charge in [0.15, 0.2) is 0 Å². The smallest absolute Gasteiger partial charge is 0.433 e. The molecule has 0 bridgehead atoms. The summed E-state index contributed by atoms with van der Waals surface area (Å²) in [4.78, 5) is 47.1. The van der Waals surface area contributed by atoms with E-state index in [0.717, 1.165) is 36.0 Å². The van der Waals surface area contributed by atoms with Crippen LogP contribution in [0.2, 0.25) is 0 Å². The van der Waals surface area contributed by atoms with Crippen molar-refractivity contribution in [3.63, 3.8) is 0 Å². The fourth-order valence-electron chi connectivity index (χ4n) is 3.96. The van der Waals surface area contributed by atoms with Gasteiger partial charge in [0, 0.05) is 18.0 Å². The van der Waals surface area contributed by atoms with Crippen LogP contribution in [-0.2, 0) is 51.6 Å². The second-order valence-corrected chi connectivity index (χ2v) is 13.8. The van der Waals surface area contributed by atoms with E-state index in [2.05, 4.69) is 10.1 Å². The van der Waals surface area contributed by atoms with E-state index >= 15 is 8.78 Å². The maximum absolute atomic E-state index is 16.0. The van der Waals surface area contributed by atoms with Crippen molar-refractivity contribution in [3.05, 3.63) is 63.4 Å². The van der Waals surface area contributed by atoms with E-state index in [1.807, 2.05) is 0 Å². The van der Waals surface area contributed by atoms with Crippen molar-refractivity contribution in [1.29, 1.82) is 0 Å². The Labute approximate surface area is 264 Å². The number of unbranched alkanes of at least 4 members (excludes halogenated alkanes) is 1. The van der Waals surface area contributed by atoms with Gasteiger partial charge >= 0.3 is 31.0 Å². The minimum Gasteiger partial charge on any atom is -0.467 e. The first-order valence-electron chi connectivity index (χ1n) is 13.7. The van der Waals surface area contributed by atoms with Gasteiger partial charge in [0.1, 0.15) is 28.9 Å². The molecule has 0 saturated heterocycles. The zero-order valence-corrected chi connectivity index (χ0v) is 27.2. The second kappa shape index (κ2) is 16.3. The highest BCUT2D eigenvalue weighted by Crippen LogP contribution is 2.68. The average molecular weight is 680 g/mol. The highest BCUT2D eigenvalue weighted by atomic mass is 35.5. The molecule has 0 aliphatic carbocycles. The molecule has 13 nitrogen and oxygen atoms in total. The summed E-state index contributed by atoms with van der Waals surface area (Å²) >= 11 is 5.69. The SMILES string of the molecule is COC(=O)[C@H](CC(=O)OC(C)(C)C)NC(=O)Cc1ccc(C(F)(F)P(=O)(OCc2ccc([N+](=O)[O-])o2)N(C)CCCCCl)cc1. The number of furan rings is 1. The minimum atomic E-state index is -5.01. The van der Waals surface area contributed by atoms with Crippen molar-refractivity contribution < 1.29 is 51.1 Å². The first kappa shape index (κ1) is 37.8. The normalized spacial score (nSPS) is 14.0. The third kappa shape index (κ3) is 10.9. The monoisotopic (exact) mass is 679 g/mol. The van der Waals surface area contributed by atoms with Crippen molar-refractivity contribution in [2.45, 2.75) is 70.4 Å². The Morgan fingerprint density at radius 3 is 2.31 bits per heavy atom. The second-order valence-electron chi connectivity index (χ2n) is 10.9. The summed E-state index contributed by atoms with van der Waals surface area (Å²) < 4.78 is 66.8. The summed E-state index contributed by atoms with van der Waals surface area (Å²) in [5.41, 5.74) is -5.30. The quantitative estimate of drug-likeness (QED) is 0.0557. The summed E-state index contributed by atoms with van der Waals surface area (Å²) in [7, 11) is -2.71. The highest BCUT2D eigenvalue weighted by Gasteiger charge is 2.56. The van der Waals surface area contributed by atoms with Crippen LogP contribution in [0.25, 0.3) is 0 Å². The van der Waals surface area contributed by atoms with Crippen molar-refractivity contribution in [2.24, 2.45) is 0 Å². The lowest BCUT2D eigenvalue weighted by Gasteiger charge is -2.33. The molecule has 1 aromatic heterocycles. The number of halogens is 3. The Hall–Kier alpha value is -3.39. The highest BCUT2D eigenvalue weighted by molar-refractivity contribution is 7.57. The van der Waals surface area contributed by atoms with Gasteiger partial charge in [-0.2, -0.15) is 8.78 Å². The van der Waals surface area contributed by atoms with Crippen molar-refractivity contribution >= 4 is 42.9 Å². The van der Waals surface area contributed by atoms with Gasteiger partial charge in [0.2, 0.25) is 5.91 Å². The molecule has 0 aliphatic rings.